The van der Waals surface area contributed by atoms with Gasteiger partial charge in [-0.1, -0.05) is 58.0 Å². The molecule has 0 saturated carbocycles. The molecule has 5 nitrogen and oxygen atoms in total. The molecule has 26 heavy (non-hydrogen) atoms. The molecule has 2 aromatic carbocycles. The summed E-state index contributed by atoms with van der Waals surface area (Å²) < 4.78 is 4.61. The van der Waals surface area contributed by atoms with E-state index in [1.165, 1.54) is 19.2 Å². The minimum absolute atomic E-state index is 0.0257. The smallest absolute Gasteiger partial charge is 0.337 e. The lowest BCUT2D eigenvalue weighted by Gasteiger charge is -2.16. The van der Waals surface area contributed by atoms with Gasteiger partial charge >= 0.3 is 5.97 Å². The van der Waals surface area contributed by atoms with E-state index in [4.69, 9.17) is 63.3 Å². The summed E-state index contributed by atoms with van der Waals surface area (Å²) in [7, 11) is 1.22. The Labute approximate surface area is 173 Å². The van der Waals surface area contributed by atoms with Crippen molar-refractivity contribution in [2.75, 3.05) is 12.4 Å². The van der Waals surface area contributed by atoms with Gasteiger partial charge in [-0.15, -0.1) is 0 Å². The third-order valence-electron chi connectivity index (χ3n) is 3.26. The Morgan fingerprint density at radius 3 is 1.92 bits per heavy atom. The van der Waals surface area contributed by atoms with Crippen LogP contribution in [0.5, 0.6) is 0 Å². The molecule has 0 fully saturated rings. The summed E-state index contributed by atoms with van der Waals surface area (Å²) in [5, 5.41) is 21.0. The van der Waals surface area contributed by atoms with E-state index in [2.05, 4.69) is 10.1 Å². The van der Waals surface area contributed by atoms with Crippen molar-refractivity contribution in [2.24, 2.45) is 0 Å². The van der Waals surface area contributed by atoms with E-state index >= 15 is 0 Å². The van der Waals surface area contributed by atoms with Crippen LogP contribution in [-0.4, -0.2) is 13.1 Å². The molecule has 132 valence electrons. The molecule has 0 aliphatic carbocycles. The number of halogens is 5. The van der Waals surface area contributed by atoms with E-state index in [9.17, 15) is 10.1 Å². The quantitative estimate of drug-likeness (QED) is 0.444. The first-order valence-electron chi connectivity index (χ1n) is 6.61. The van der Waals surface area contributed by atoms with Gasteiger partial charge in [-0.3, -0.25) is 0 Å². The number of hydrogen-bond donors (Lipinski definition) is 1. The Balaban J connectivity index is 2.66. The lowest BCUT2D eigenvalue weighted by molar-refractivity contribution is 0.0601. The number of nitrogens with zero attached hydrogens (tertiary/aromatic N) is 2. The van der Waals surface area contributed by atoms with Gasteiger partial charge in [0.2, 0.25) is 0 Å². The molecule has 0 bridgehead atoms. The zero-order valence-corrected chi connectivity index (χ0v) is 16.5. The Morgan fingerprint density at radius 1 is 0.923 bits per heavy atom. The number of nitrogens with one attached hydrogen (secondary N) is 1. The first-order chi connectivity index (χ1) is 12.3. The highest BCUT2D eigenvalue weighted by Crippen LogP contribution is 2.44. The molecule has 0 amide bonds. The molecule has 10 heteroatoms. The summed E-state index contributed by atoms with van der Waals surface area (Å²) >= 11 is 30.6. The molecular weight excluding hydrogens is 443 g/mol. The van der Waals surface area contributed by atoms with Crippen LogP contribution in [0.4, 0.5) is 11.4 Å². The highest BCUT2D eigenvalue weighted by molar-refractivity contribution is 6.47. The third-order valence-corrected chi connectivity index (χ3v) is 5.08. The maximum Gasteiger partial charge on any atom is 0.337 e. The van der Waals surface area contributed by atoms with Crippen molar-refractivity contribution in [3.05, 3.63) is 53.9 Å². The SMILES string of the molecule is COC(=O)c1cc(Cl)c(Nc2c(Cl)c(Cl)c(C#N)c(Cl)c2C#N)c(Cl)c1. The average molecular weight is 450 g/mol. The van der Waals surface area contributed by atoms with Gasteiger partial charge in [0.15, 0.2) is 0 Å². The van der Waals surface area contributed by atoms with Crippen molar-refractivity contribution in [1.82, 2.24) is 0 Å². The van der Waals surface area contributed by atoms with Crippen molar-refractivity contribution in [1.29, 1.82) is 10.5 Å². The number of anilines is 2. The topological polar surface area (TPSA) is 85.9 Å². The minimum Gasteiger partial charge on any atom is -0.465 e. The van der Waals surface area contributed by atoms with Crippen molar-refractivity contribution >= 4 is 75.3 Å². The largest absolute Gasteiger partial charge is 0.465 e. The van der Waals surface area contributed by atoms with Crippen molar-refractivity contribution in [2.45, 2.75) is 0 Å². The standard InChI is InChI=1S/C16H6Cl5N3O2/c1-26-16(25)6-2-9(17)15(10(18)3-6)24-14-8(5-23)11(19)7(4-22)12(20)13(14)21/h2-3,24H,1H3. The minimum atomic E-state index is -0.624. The molecule has 0 unspecified atom stereocenters. The van der Waals surface area contributed by atoms with Gasteiger partial charge in [-0.05, 0) is 12.1 Å². The number of hydrogen-bond acceptors (Lipinski definition) is 5. The van der Waals surface area contributed by atoms with Gasteiger partial charge in [-0.25, -0.2) is 4.79 Å². The van der Waals surface area contributed by atoms with Crippen LogP contribution in [0.2, 0.25) is 25.1 Å². The summed E-state index contributed by atoms with van der Waals surface area (Å²) in [6.45, 7) is 0. The molecule has 0 spiro atoms. The van der Waals surface area contributed by atoms with Gasteiger partial charge in [0, 0.05) is 0 Å². The summed E-state index contributed by atoms with van der Waals surface area (Å²) in [5.74, 6) is -0.624. The van der Waals surface area contributed by atoms with Gasteiger partial charge in [-0.2, -0.15) is 10.5 Å². The molecule has 1 N–H and O–H groups in total. The van der Waals surface area contributed by atoms with Crippen LogP contribution in [-0.2, 0) is 4.74 Å². The second kappa shape index (κ2) is 8.22. The number of nitriles is 2. The van der Waals surface area contributed by atoms with Crippen LogP contribution in [0, 0.1) is 22.7 Å². The van der Waals surface area contributed by atoms with Gasteiger partial charge in [0.25, 0.3) is 0 Å². The van der Waals surface area contributed by atoms with Crippen molar-refractivity contribution < 1.29 is 9.53 Å². The van der Waals surface area contributed by atoms with Crippen LogP contribution in [0.15, 0.2) is 12.1 Å². The summed E-state index contributed by atoms with van der Waals surface area (Å²) in [6, 6.07) is 6.30. The Kier molecular flexibility index (Phi) is 6.47. The van der Waals surface area contributed by atoms with Gasteiger partial charge in [0.05, 0.1) is 60.3 Å². The predicted molar refractivity (Wildman–Crippen MR) is 102 cm³/mol. The molecule has 2 rings (SSSR count). The number of benzene rings is 2. The zero-order chi connectivity index (χ0) is 19.6. The fourth-order valence-corrected chi connectivity index (χ4v) is 3.40. The van der Waals surface area contributed by atoms with Crippen LogP contribution in [0.3, 0.4) is 0 Å². The summed E-state index contributed by atoms with van der Waals surface area (Å²) in [5.41, 5.74) is 0.0880. The molecule has 0 atom stereocenters. The zero-order valence-electron chi connectivity index (χ0n) is 12.8. The number of esters is 1. The predicted octanol–water partition coefficient (Wildman–Crippen LogP) is 6.23. The molecule has 0 radical (unpaired) electrons. The normalized spacial score (nSPS) is 10.0. The molecule has 0 saturated heterocycles. The Bertz CT molecular complexity index is 986. The number of ether oxygens (including phenoxy) is 1. The van der Waals surface area contributed by atoms with Crippen LogP contribution < -0.4 is 5.32 Å². The maximum absolute atomic E-state index is 11.6. The highest BCUT2D eigenvalue weighted by Gasteiger charge is 2.23. The number of carbonyl (C=O) groups excluding carboxylic acids is 1. The van der Waals surface area contributed by atoms with Crippen LogP contribution in [0.1, 0.15) is 21.5 Å². The maximum atomic E-state index is 11.6. The van der Waals surface area contributed by atoms with E-state index in [1.807, 2.05) is 6.07 Å². The van der Waals surface area contributed by atoms with Crippen LogP contribution in [0.25, 0.3) is 0 Å². The van der Waals surface area contributed by atoms with E-state index in [0.717, 1.165) is 0 Å². The fourth-order valence-electron chi connectivity index (χ4n) is 2.03. The average Bonchev–Trinajstić information content (AvgIpc) is 2.61. The van der Waals surface area contributed by atoms with Crippen LogP contribution >= 0.6 is 58.0 Å². The first kappa shape index (κ1) is 20.5. The van der Waals surface area contributed by atoms with Crippen molar-refractivity contribution in [3.63, 3.8) is 0 Å². The lowest BCUT2D eigenvalue weighted by Crippen LogP contribution is -2.04. The molecule has 2 aromatic rings. The molecule has 0 aliphatic rings. The van der Waals surface area contributed by atoms with E-state index < -0.39 is 5.97 Å². The highest BCUT2D eigenvalue weighted by atomic mass is 35.5. The number of rotatable bonds is 3. The second-order valence-corrected chi connectivity index (χ2v) is 6.67. The monoisotopic (exact) mass is 447 g/mol. The van der Waals surface area contributed by atoms with Crippen molar-refractivity contribution in [3.8, 4) is 12.1 Å². The lowest BCUT2D eigenvalue weighted by atomic mass is 10.1. The van der Waals surface area contributed by atoms with E-state index in [0.29, 0.717) is 0 Å². The first-order valence-corrected chi connectivity index (χ1v) is 8.50. The fraction of sp³-hybridized carbons (Fsp3) is 0.0625. The third kappa shape index (κ3) is 3.64. The Hall–Kier alpha value is -1.86. The molecule has 0 aliphatic heterocycles. The molecule has 0 heterocycles. The van der Waals surface area contributed by atoms with Gasteiger partial charge < -0.3 is 10.1 Å². The number of carbonyl (C=O) groups is 1. The second-order valence-electron chi connectivity index (χ2n) is 4.72. The molecule has 0 aromatic heterocycles. The van der Waals surface area contributed by atoms with E-state index in [-0.39, 0.29) is 53.2 Å². The molecular formula is C16H6Cl5N3O2. The number of methoxy groups -OCH3 is 1. The summed E-state index contributed by atoms with van der Waals surface area (Å²) in [4.78, 5) is 11.6. The van der Waals surface area contributed by atoms with Gasteiger partial charge in [0.1, 0.15) is 12.1 Å². The Morgan fingerprint density at radius 2 is 1.46 bits per heavy atom. The van der Waals surface area contributed by atoms with E-state index in [1.54, 1.807) is 6.07 Å². The summed E-state index contributed by atoms with van der Waals surface area (Å²) in [6.07, 6.45) is 0.